The van der Waals surface area contributed by atoms with E-state index in [2.05, 4.69) is 10.1 Å². The van der Waals surface area contributed by atoms with Crippen molar-refractivity contribution in [2.75, 3.05) is 7.11 Å². The molecular weight excluding hydrogens is 312 g/mol. The topological polar surface area (TPSA) is 55.4 Å². The first kappa shape index (κ1) is 16.8. The lowest BCUT2D eigenvalue weighted by atomic mass is 10.1. The highest BCUT2D eigenvalue weighted by Gasteiger charge is 2.27. The molecule has 0 saturated carbocycles. The van der Waals surface area contributed by atoms with E-state index in [0.29, 0.717) is 14.8 Å². The Morgan fingerprint density at radius 1 is 1.35 bits per heavy atom. The van der Waals surface area contributed by atoms with Crippen molar-refractivity contribution in [3.8, 4) is 0 Å². The van der Waals surface area contributed by atoms with Crippen LogP contribution in [0.1, 0.15) is 27.2 Å². The van der Waals surface area contributed by atoms with Gasteiger partial charge in [-0.3, -0.25) is 4.79 Å². The summed E-state index contributed by atoms with van der Waals surface area (Å²) in [7, 11) is 1.07. The third-order valence-electron chi connectivity index (χ3n) is 2.80. The van der Waals surface area contributed by atoms with Crippen LogP contribution in [0.25, 0.3) is 0 Å². The summed E-state index contributed by atoms with van der Waals surface area (Å²) in [6.07, 6.45) is -3.52. The van der Waals surface area contributed by atoms with Gasteiger partial charge in [0.25, 0.3) is 5.91 Å². The third-order valence-corrected chi connectivity index (χ3v) is 4.50. The van der Waals surface area contributed by atoms with Crippen molar-refractivity contribution in [2.24, 2.45) is 0 Å². The highest BCUT2D eigenvalue weighted by atomic mass is 35.5. The fraction of sp³-hybridized carbons (Fsp3) is 0.500. The first-order chi connectivity index (χ1) is 9.27. The highest BCUT2D eigenvalue weighted by Crippen LogP contribution is 2.31. The maximum Gasteiger partial charge on any atom is 0.328 e. The van der Waals surface area contributed by atoms with E-state index >= 15 is 0 Å². The predicted octanol–water partition coefficient (Wildman–Crippen LogP) is 2.94. The summed E-state index contributed by atoms with van der Waals surface area (Å²) >= 11 is 6.96. The van der Waals surface area contributed by atoms with Gasteiger partial charge in [0.15, 0.2) is 0 Å². The molecule has 0 bridgehead atoms. The molecule has 0 aliphatic heterocycles. The van der Waals surface area contributed by atoms with Gasteiger partial charge in [-0.1, -0.05) is 11.6 Å². The number of halogens is 3. The number of methoxy groups -OCH3 is 1. The van der Waals surface area contributed by atoms with Gasteiger partial charge in [-0.05, 0) is 25.0 Å². The minimum absolute atomic E-state index is 0.302. The summed E-state index contributed by atoms with van der Waals surface area (Å²) in [6.45, 7) is 3.45. The molecule has 1 heterocycles. The smallest absolute Gasteiger partial charge is 0.328 e. The molecule has 1 unspecified atom stereocenters. The normalized spacial score (nSPS) is 12.3. The van der Waals surface area contributed by atoms with Crippen molar-refractivity contribution in [2.45, 2.75) is 32.7 Å². The maximum atomic E-state index is 12.4. The number of thiophene rings is 1. The molecule has 1 N–H and O–H groups in total. The molecule has 0 spiro atoms. The van der Waals surface area contributed by atoms with E-state index in [-0.39, 0.29) is 0 Å². The van der Waals surface area contributed by atoms with E-state index in [0.717, 1.165) is 24.0 Å². The van der Waals surface area contributed by atoms with Crippen LogP contribution in [0.4, 0.5) is 8.78 Å². The van der Waals surface area contributed by atoms with E-state index in [9.17, 15) is 18.4 Å². The van der Waals surface area contributed by atoms with E-state index < -0.39 is 30.8 Å². The van der Waals surface area contributed by atoms with Crippen LogP contribution in [0.3, 0.4) is 0 Å². The zero-order valence-electron chi connectivity index (χ0n) is 11.1. The Morgan fingerprint density at radius 2 is 1.95 bits per heavy atom. The molecule has 0 fully saturated rings. The van der Waals surface area contributed by atoms with Gasteiger partial charge in [-0.25, -0.2) is 13.6 Å². The molecule has 0 aliphatic carbocycles. The van der Waals surface area contributed by atoms with Crippen LogP contribution in [0.15, 0.2) is 0 Å². The average molecular weight is 326 g/mol. The Labute approximate surface area is 124 Å². The SMILES string of the molecule is COC(=O)C(CC(F)F)NC(=O)c1sc(Cl)c(C)c1C. The van der Waals surface area contributed by atoms with Crippen molar-refractivity contribution in [1.29, 1.82) is 0 Å². The fourth-order valence-corrected chi connectivity index (χ4v) is 2.85. The van der Waals surface area contributed by atoms with Gasteiger partial charge in [0.05, 0.1) is 16.3 Å². The van der Waals surface area contributed by atoms with Crippen molar-refractivity contribution in [3.63, 3.8) is 0 Å². The summed E-state index contributed by atoms with van der Waals surface area (Å²) in [5, 5.41) is 2.26. The highest BCUT2D eigenvalue weighted by molar-refractivity contribution is 7.18. The molecule has 4 nitrogen and oxygen atoms in total. The van der Waals surface area contributed by atoms with Gasteiger partial charge >= 0.3 is 5.97 Å². The third kappa shape index (κ3) is 3.89. The second-order valence-electron chi connectivity index (χ2n) is 4.13. The number of ether oxygens (including phenoxy) is 1. The van der Waals surface area contributed by atoms with Crippen LogP contribution < -0.4 is 5.32 Å². The molecule has 1 atom stereocenters. The summed E-state index contributed by atoms with van der Waals surface area (Å²) in [5.41, 5.74) is 1.42. The number of carbonyl (C=O) groups excluding carboxylic acids is 2. The molecule has 0 aliphatic rings. The zero-order valence-corrected chi connectivity index (χ0v) is 12.7. The Hall–Kier alpha value is -1.21. The Bertz CT molecular complexity index is 519. The number of alkyl halides is 2. The lowest BCUT2D eigenvalue weighted by Crippen LogP contribution is -2.42. The van der Waals surface area contributed by atoms with Gasteiger partial charge in [0, 0.05) is 6.42 Å². The van der Waals surface area contributed by atoms with Crippen LogP contribution in [0, 0.1) is 13.8 Å². The van der Waals surface area contributed by atoms with E-state index in [1.807, 2.05) is 0 Å². The first-order valence-electron chi connectivity index (χ1n) is 5.70. The molecule has 1 aromatic heterocycles. The Balaban J connectivity index is 2.90. The summed E-state index contributed by atoms with van der Waals surface area (Å²) < 4.78 is 29.7. The Kier molecular flexibility index (Phi) is 5.88. The van der Waals surface area contributed by atoms with Gasteiger partial charge in [0.2, 0.25) is 6.43 Å². The molecule has 0 aromatic carbocycles. The van der Waals surface area contributed by atoms with Crippen LogP contribution >= 0.6 is 22.9 Å². The van der Waals surface area contributed by atoms with Crippen LogP contribution in [0.2, 0.25) is 4.34 Å². The molecule has 1 aromatic rings. The van der Waals surface area contributed by atoms with Gasteiger partial charge in [0.1, 0.15) is 6.04 Å². The minimum atomic E-state index is -2.73. The fourth-order valence-electron chi connectivity index (χ4n) is 1.54. The van der Waals surface area contributed by atoms with Crippen molar-refractivity contribution in [3.05, 3.63) is 20.3 Å². The van der Waals surface area contributed by atoms with Crippen molar-refractivity contribution >= 4 is 34.8 Å². The molecule has 8 heteroatoms. The van der Waals surface area contributed by atoms with Gasteiger partial charge in [-0.15, -0.1) is 11.3 Å². The molecule has 0 radical (unpaired) electrons. The monoisotopic (exact) mass is 325 g/mol. The van der Waals surface area contributed by atoms with Crippen LogP contribution in [-0.4, -0.2) is 31.5 Å². The molecule has 0 saturated heterocycles. The molecule has 1 amide bonds. The average Bonchev–Trinajstić information content (AvgIpc) is 2.64. The Morgan fingerprint density at radius 3 is 2.35 bits per heavy atom. The zero-order chi connectivity index (χ0) is 15.4. The summed E-state index contributed by atoms with van der Waals surface area (Å²) in [6, 6.07) is -1.38. The van der Waals surface area contributed by atoms with Gasteiger partial charge < -0.3 is 10.1 Å². The lowest BCUT2D eigenvalue weighted by Gasteiger charge is -2.15. The van der Waals surface area contributed by atoms with Gasteiger partial charge in [-0.2, -0.15) is 0 Å². The minimum Gasteiger partial charge on any atom is -0.467 e. The van der Waals surface area contributed by atoms with E-state index in [4.69, 9.17) is 11.6 Å². The number of esters is 1. The number of amides is 1. The second kappa shape index (κ2) is 6.99. The van der Waals surface area contributed by atoms with Crippen LogP contribution in [0.5, 0.6) is 0 Å². The lowest BCUT2D eigenvalue weighted by molar-refractivity contribution is -0.144. The summed E-state index contributed by atoms with van der Waals surface area (Å²) in [5.74, 6) is -1.52. The van der Waals surface area contributed by atoms with E-state index in [1.54, 1.807) is 13.8 Å². The quantitative estimate of drug-likeness (QED) is 0.847. The standard InChI is InChI=1S/C12H14ClF2NO3S/c1-5-6(2)10(13)20-9(5)11(17)16-7(4-8(14)15)12(18)19-3/h7-8H,4H2,1-3H3,(H,16,17). The number of hydrogen-bond donors (Lipinski definition) is 1. The molecule has 20 heavy (non-hydrogen) atoms. The second-order valence-corrected chi connectivity index (χ2v) is 5.75. The van der Waals surface area contributed by atoms with Crippen molar-refractivity contribution < 1.29 is 23.1 Å². The molecule has 1 rings (SSSR count). The number of nitrogens with one attached hydrogen (secondary N) is 1. The number of hydrogen-bond acceptors (Lipinski definition) is 4. The maximum absolute atomic E-state index is 12.4. The van der Waals surface area contributed by atoms with Crippen molar-refractivity contribution in [1.82, 2.24) is 5.32 Å². The number of carbonyl (C=O) groups is 2. The molecule has 112 valence electrons. The van der Waals surface area contributed by atoms with Crippen LogP contribution in [-0.2, 0) is 9.53 Å². The predicted molar refractivity (Wildman–Crippen MR) is 72.7 cm³/mol. The number of rotatable bonds is 5. The largest absolute Gasteiger partial charge is 0.467 e. The summed E-state index contributed by atoms with van der Waals surface area (Å²) in [4.78, 5) is 23.7. The van der Waals surface area contributed by atoms with E-state index in [1.165, 1.54) is 0 Å². The first-order valence-corrected chi connectivity index (χ1v) is 6.89. The molecular formula is C12H14ClF2NO3S.